The van der Waals surface area contributed by atoms with Crippen LogP contribution in [0.2, 0.25) is 0 Å². The highest BCUT2D eigenvalue weighted by Gasteiger charge is 2.32. The van der Waals surface area contributed by atoms with Crippen LogP contribution in [0.4, 0.5) is 0 Å². The van der Waals surface area contributed by atoms with E-state index in [9.17, 15) is 9.59 Å². The molecule has 2 aromatic heterocycles. The summed E-state index contributed by atoms with van der Waals surface area (Å²) >= 11 is 0. The third kappa shape index (κ3) is 5.96. The summed E-state index contributed by atoms with van der Waals surface area (Å²) in [7, 11) is 2.02. The number of likely N-dealkylation sites (tertiary alicyclic amines) is 1. The van der Waals surface area contributed by atoms with Gasteiger partial charge in [0.05, 0.1) is 12.1 Å². The number of carbonyl (C=O) groups excluding carboxylic acids is 2. The summed E-state index contributed by atoms with van der Waals surface area (Å²) in [6.45, 7) is 4.95. The van der Waals surface area contributed by atoms with Crippen LogP contribution >= 0.6 is 0 Å². The van der Waals surface area contributed by atoms with Crippen LogP contribution < -0.4 is 5.32 Å². The summed E-state index contributed by atoms with van der Waals surface area (Å²) in [6, 6.07) is 5.44. The van der Waals surface area contributed by atoms with Gasteiger partial charge < -0.3 is 19.3 Å². The molecule has 2 aromatic rings. The van der Waals surface area contributed by atoms with Crippen LogP contribution in [0.25, 0.3) is 5.57 Å². The lowest BCUT2D eigenvalue weighted by atomic mass is 10.0. The number of allylic oxidation sites excluding steroid dienone is 3. The summed E-state index contributed by atoms with van der Waals surface area (Å²) in [5, 5.41) is 6.85. The van der Waals surface area contributed by atoms with E-state index in [0.717, 1.165) is 29.8 Å². The number of hydrogen-bond acceptors (Lipinski definition) is 4. The average molecular weight is 425 g/mol. The van der Waals surface area contributed by atoms with E-state index in [-0.39, 0.29) is 18.2 Å². The first-order valence-electron chi connectivity index (χ1n) is 10.9. The van der Waals surface area contributed by atoms with Gasteiger partial charge in [-0.1, -0.05) is 23.4 Å². The third-order valence-electron chi connectivity index (χ3n) is 5.52. The second-order valence-electron chi connectivity index (χ2n) is 7.95. The van der Waals surface area contributed by atoms with Crippen LogP contribution in [0, 0.1) is 6.92 Å². The molecule has 166 valence electrons. The molecular weight excluding hydrogens is 392 g/mol. The summed E-state index contributed by atoms with van der Waals surface area (Å²) in [4.78, 5) is 27.3. The molecule has 1 aliphatic rings. The Kier molecular flexibility index (Phi) is 7.87. The number of nitrogens with one attached hydrogen (secondary N) is 1. The van der Waals surface area contributed by atoms with Gasteiger partial charge in [0.25, 0.3) is 0 Å². The molecule has 0 aliphatic carbocycles. The molecule has 0 radical (unpaired) electrons. The minimum absolute atomic E-state index is 0.0818. The van der Waals surface area contributed by atoms with Gasteiger partial charge in [-0.3, -0.25) is 9.59 Å². The Morgan fingerprint density at radius 3 is 2.87 bits per heavy atom. The predicted octanol–water partition coefficient (Wildman–Crippen LogP) is 3.41. The molecule has 0 saturated carbocycles. The molecule has 7 heteroatoms. The molecule has 0 spiro atoms. The first kappa shape index (κ1) is 22.6. The molecular formula is C24H32N4O3. The van der Waals surface area contributed by atoms with Crippen LogP contribution in [0.1, 0.15) is 49.8 Å². The van der Waals surface area contributed by atoms with Crippen LogP contribution in [0.15, 0.2) is 47.1 Å². The second-order valence-corrected chi connectivity index (χ2v) is 7.95. The van der Waals surface area contributed by atoms with E-state index in [1.54, 1.807) is 11.0 Å². The quantitative estimate of drug-likeness (QED) is 0.520. The first-order chi connectivity index (χ1) is 15.0. The zero-order valence-electron chi connectivity index (χ0n) is 18.6. The van der Waals surface area contributed by atoms with Crippen molar-refractivity contribution < 1.29 is 14.1 Å². The van der Waals surface area contributed by atoms with E-state index in [0.29, 0.717) is 31.7 Å². The molecule has 7 nitrogen and oxygen atoms in total. The fourth-order valence-electron chi connectivity index (χ4n) is 3.99. The predicted molar refractivity (Wildman–Crippen MR) is 120 cm³/mol. The third-order valence-corrected chi connectivity index (χ3v) is 5.52. The van der Waals surface area contributed by atoms with E-state index >= 15 is 0 Å². The van der Waals surface area contributed by atoms with Crippen molar-refractivity contribution in [1.29, 1.82) is 0 Å². The lowest BCUT2D eigenvalue weighted by molar-refractivity contribution is -0.142. The Hall–Kier alpha value is -3.09. The topological polar surface area (TPSA) is 80.4 Å². The number of amides is 2. The van der Waals surface area contributed by atoms with Crippen molar-refractivity contribution in [1.82, 2.24) is 19.9 Å². The largest absolute Gasteiger partial charge is 0.361 e. The molecule has 3 rings (SSSR count). The minimum Gasteiger partial charge on any atom is -0.361 e. The molecule has 1 aliphatic heterocycles. The molecule has 1 fully saturated rings. The Balaban J connectivity index is 1.56. The maximum Gasteiger partial charge on any atom is 0.242 e. The SMILES string of the molecule is C/C=C\C(=C/CCNC(=O)C1CCCCN1C(=O)Cc1cc(C)no1)c1cccn1C. The zero-order valence-corrected chi connectivity index (χ0v) is 18.6. The van der Waals surface area contributed by atoms with E-state index in [2.05, 4.69) is 33.3 Å². The van der Waals surface area contributed by atoms with E-state index < -0.39 is 6.04 Å². The van der Waals surface area contributed by atoms with Crippen LogP contribution in [-0.4, -0.2) is 45.6 Å². The highest BCUT2D eigenvalue weighted by atomic mass is 16.5. The molecule has 1 atom stereocenters. The fraction of sp³-hybridized carbons (Fsp3) is 0.458. The average Bonchev–Trinajstić information content (AvgIpc) is 3.37. The van der Waals surface area contributed by atoms with E-state index in [4.69, 9.17) is 4.52 Å². The Bertz CT molecular complexity index is 954. The number of aryl methyl sites for hydroxylation is 2. The van der Waals surface area contributed by atoms with Gasteiger partial charge in [0.2, 0.25) is 11.8 Å². The number of piperidine rings is 1. The van der Waals surface area contributed by atoms with Gasteiger partial charge in [0, 0.05) is 38.1 Å². The van der Waals surface area contributed by atoms with Crippen molar-refractivity contribution in [3.8, 4) is 0 Å². The molecule has 1 saturated heterocycles. The molecule has 31 heavy (non-hydrogen) atoms. The van der Waals surface area contributed by atoms with Gasteiger partial charge >= 0.3 is 0 Å². The minimum atomic E-state index is -0.419. The number of carbonyl (C=O) groups is 2. The summed E-state index contributed by atoms with van der Waals surface area (Å²) in [6.07, 6.45) is 11.6. The Morgan fingerprint density at radius 1 is 1.35 bits per heavy atom. The zero-order chi connectivity index (χ0) is 22.2. The maximum atomic E-state index is 12.8. The molecule has 1 unspecified atom stereocenters. The van der Waals surface area contributed by atoms with Gasteiger partial charge in [-0.25, -0.2) is 0 Å². The lowest BCUT2D eigenvalue weighted by Crippen LogP contribution is -2.52. The fourth-order valence-corrected chi connectivity index (χ4v) is 3.99. The smallest absolute Gasteiger partial charge is 0.242 e. The first-order valence-corrected chi connectivity index (χ1v) is 10.9. The summed E-state index contributed by atoms with van der Waals surface area (Å²) < 4.78 is 7.25. The van der Waals surface area contributed by atoms with Gasteiger partial charge in [0.1, 0.15) is 11.8 Å². The number of rotatable bonds is 8. The highest BCUT2D eigenvalue weighted by molar-refractivity contribution is 5.88. The van der Waals surface area contributed by atoms with E-state index in [1.807, 2.05) is 39.2 Å². The maximum absolute atomic E-state index is 12.8. The molecule has 2 amide bonds. The normalized spacial score (nSPS) is 17.3. The highest BCUT2D eigenvalue weighted by Crippen LogP contribution is 2.20. The van der Waals surface area contributed by atoms with Crippen LogP contribution in [-0.2, 0) is 23.1 Å². The molecule has 0 bridgehead atoms. The van der Waals surface area contributed by atoms with Crippen molar-refractivity contribution >= 4 is 17.4 Å². The number of aromatic nitrogens is 2. The van der Waals surface area contributed by atoms with Gasteiger partial charge in [-0.2, -0.15) is 0 Å². The number of hydrogen-bond donors (Lipinski definition) is 1. The van der Waals surface area contributed by atoms with Gasteiger partial charge in [-0.05, 0) is 57.2 Å². The van der Waals surface area contributed by atoms with Crippen molar-refractivity contribution in [2.45, 2.75) is 52.0 Å². The van der Waals surface area contributed by atoms with Crippen molar-refractivity contribution in [3.05, 3.63) is 59.8 Å². The standard InChI is InChI=1S/C24H32N4O3/c1-4-9-19(21-12-8-14-27(21)3)10-7-13-25-24(30)22-11-5-6-15-28(22)23(29)17-20-16-18(2)26-31-20/h4,8-10,12,14,16,22H,5-7,11,13,15,17H2,1-3H3,(H,25,30)/b9-4-,19-10+. The van der Waals surface area contributed by atoms with Gasteiger partial charge in [-0.15, -0.1) is 0 Å². The molecule has 3 heterocycles. The van der Waals surface area contributed by atoms with Crippen LogP contribution in [0.5, 0.6) is 0 Å². The second kappa shape index (κ2) is 10.8. The Labute approximate surface area is 183 Å². The van der Waals surface area contributed by atoms with Crippen molar-refractivity contribution in [2.75, 3.05) is 13.1 Å². The van der Waals surface area contributed by atoms with Crippen molar-refractivity contribution in [2.24, 2.45) is 7.05 Å². The monoisotopic (exact) mass is 424 g/mol. The summed E-state index contributed by atoms with van der Waals surface area (Å²) in [5.41, 5.74) is 3.01. The van der Waals surface area contributed by atoms with E-state index in [1.165, 1.54) is 0 Å². The Morgan fingerprint density at radius 2 is 2.19 bits per heavy atom. The molecule has 0 aromatic carbocycles. The summed E-state index contributed by atoms with van der Waals surface area (Å²) in [5.74, 6) is 0.367. The number of nitrogens with zero attached hydrogens (tertiary/aromatic N) is 3. The van der Waals surface area contributed by atoms with Crippen molar-refractivity contribution in [3.63, 3.8) is 0 Å². The molecule has 1 N–H and O–H groups in total. The van der Waals surface area contributed by atoms with Crippen LogP contribution in [0.3, 0.4) is 0 Å². The van der Waals surface area contributed by atoms with Gasteiger partial charge in [0.15, 0.2) is 0 Å². The lowest BCUT2D eigenvalue weighted by Gasteiger charge is -2.34.